The zero-order valence-corrected chi connectivity index (χ0v) is 18.7. The predicted molar refractivity (Wildman–Crippen MR) is 117 cm³/mol. The number of nitrogens with zero attached hydrogens (tertiary/aromatic N) is 1. The van der Waals surface area contributed by atoms with E-state index in [1.165, 1.54) is 35.1 Å². The number of hydrogen-bond acceptors (Lipinski definition) is 0. The van der Waals surface area contributed by atoms with Crippen LogP contribution in [0.25, 0.3) is 0 Å². The summed E-state index contributed by atoms with van der Waals surface area (Å²) in [5.41, 5.74) is 6.33. The number of hydrogen-bond donors (Lipinski definition) is 0. The maximum Gasteiger partial charge on any atom is 0.0944 e. The highest BCUT2D eigenvalue weighted by Gasteiger charge is 2.57. The minimum Gasteiger partial charge on any atom is -0.320 e. The van der Waals surface area contributed by atoms with Crippen molar-refractivity contribution in [1.82, 2.24) is 0 Å². The van der Waals surface area contributed by atoms with E-state index in [-0.39, 0.29) is 16.5 Å². The smallest absolute Gasteiger partial charge is 0.0944 e. The van der Waals surface area contributed by atoms with Gasteiger partial charge in [0.15, 0.2) is 0 Å². The molecule has 1 aliphatic rings. The Hall–Kier alpha value is -1.60. The summed E-state index contributed by atoms with van der Waals surface area (Å²) in [6.07, 6.45) is 3.44. The van der Waals surface area contributed by atoms with Gasteiger partial charge in [-0.3, -0.25) is 0 Å². The Balaban J connectivity index is 1.85. The fourth-order valence-electron chi connectivity index (χ4n) is 5.36. The molecule has 0 unspecified atom stereocenters. The lowest BCUT2D eigenvalue weighted by Crippen LogP contribution is -2.72. The van der Waals surface area contributed by atoms with Gasteiger partial charge in [0.05, 0.1) is 25.2 Å². The van der Waals surface area contributed by atoms with Crippen LogP contribution in [0, 0.1) is 6.92 Å². The van der Waals surface area contributed by atoms with Crippen LogP contribution in [-0.4, -0.2) is 29.7 Å². The van der Waals surface area contributed by atoms with Crippen molar-refractivity contribution in [1.29, 1.82) is 0 Å². The Morgan fingerprint density at radius 2 is 1.11 bits per heavy atom. The number of piperidine rings is 1. The summed E-state index contributed by atoms with van der Waals surface area (Å²) in [6.45, 7) is 14.4. The number of likely N-dealkylation sites (tertiary alicyclic amines) is 1. The lowest BCUT2D eigenvalue weighted by atomic mass is 9.61. The predicted octanol–water partition coefficient (Wildman–Crippen LogP) is 6.27. The van der Waals surface area contributed by atoms with Gasteiger partial charge < -0.3 is 4.48 Å². The zero-order chi connectivity index (χ0) is 20.1. The van der Waals surface area contributed by atoms with E-state index in [9.17, 15) is 0 Å². The largest absolute Gasteiger partial charge is 0.320 e. The van der Waals surface area contributed by atoms with Crippen molar-refractivity contribution in [2.75, 3.05) is 14.1 Å². The molecule has 3 rings (SSSR count). The molecule has 0 aromatic heterocycles. The highest BCUT2D eigenvalue weighted by Crippen LogP contribution is 2.52. The second kappa shape index (κ2) is 6.48. The van der Waals surface area contributed by atoms with Crippen molar-refractivity contribution >= 4 is 0 Å². The maximum atomic E-state index is 2.48. The molecule has 2 aromatic rings. The van der Waals surface area contributed by atoms with Gasteiger partial charge in [-0.1, -0.05) is 61.0 Å². The summed E-state index contributed by atoms with van der Waals surface area (Å²) in [5, 5.41) is 0. The summed E-state index contributed by atoms with van der Waals surface area (Å²) < 4.78 is 1.07. The third-order valence-electron chi connectivity index (χ3n) is 7.85. The fourth-order valence-corrected chi connectivity index (χ4v) is 5.36. The van der Waals surface area contributed by atoms with E-state index < -0.39 is 0 Å². The van der Waals surface area contributed by atoms with E-state index in [2.05, 4.69) is 104 Å². The third kappa shape index (κ3) is 3.59. The van der Waals surface area contributed by atoms with E-state index in [0.717, 1.165) is 10.9 Å². The molecular formula is C26H38N+. The molecule has 0 amide bonds. The van der Waals surface area contributed by atoms with Crippen molar-refractivity contribution in [2.45, 2.75) is 77.3 Å². The summed E-state index contributed by atoms with van der Waals surface area (Å²) in [5.74, 6) is 0. The molecule has 0 saturated carbocycles. The van der Waals surface area contributed by atoms with E-state index in [1.54, 1.807) is 0 Å². The molecular weight excluding hydrogens is 326 g/mol. The highest BCUT2D eigenvalue weighted by atomic mass is 15.4. The molecule has 1 saturated heterocycles. The fraction of sp³-hybridized carbons (Fsp3) is 0.538. The average molecular weight is 365 g/mol. The Morgan fingerprint density at radius 1 is 0.704 bits per heavy atom. The number of benzene rings is 2. The van der Waals surface area contributed by atoms with E-state index in [1.807, 2.05) is 0 Å². The monoisotopic (exact) mass is 364 g/mol. The summed E-state index contributed by atoms with van der Waals surface area (Å²) >= 11 is 0. The number of quaternary nitrogens is 1. The quantitative estimate of drug-likeness (QED) is 0.563. The molecule has 0 atom stereocenters. The lowest BCUT2D eigenvalue weighted by molar-refractivity contribution is -0.988. The Kier molecular flexibility index (Phi) is 4.84. The van der Waals surface area contributed by atoms with Gasteiger partial charge in [-0.2, -0.15) is 0 Å². The van der Waals surface area contributed by atoms with Gasteiger partial charge in [0.2, 0.25) is 0 Å². The number of rotatable bonds is 3. The first-order valence-corrected chi connectivity index (χ1v) is 10.4. The van der Waals surface area contributed by atoms with Gasteiger partial charge in [0.1, 0.15) is 0 Å². The second-order valence-corrected chi connectivity index (χ2v) is 10.9. The van der Waals surface area contributed by atoms with Crippen LogP contribution in [0.2, 0.25) is 0 Å². The topological polar surface area (TPSA) is 0 Å². The van der Waals surface area contributed by atoms with Gasteiger partial charge in [-0.25, -0.2) is 0 Å². The van der Waals surface area contributed by atoms with Gasteiger partial charge in [-0.15, -0.1) is 0 Å². The van der Waals surface area contributed by atoms with Gasteiger partial charge in [-0.05, 0) is 57.7 Å². The summed E-state index contributed by atoms with van der Waals surface area (Å²) in [6, 6.07) is 18.4. The van der Waals surface area contributed by atoms with Crippen molar-refractivity contribution < 1.29 is 4.48 Å². The van der Waals surface area contributed by atoms with Crippen molar-refractivity contribution in [3.63, 3.8) is 0 Å². The zero-order valence-electron chi connectivity index (χ0n) is 18.7. The van der Waals surface area contributed by atoms with Crippen LogP contribution in [0.5, 0.6) is 0 Å². The SMILES string of the molecule is Cc1ccc(Cc2ccc(C3(C)CC(C)(C)[N+](C)(C)C(C)(C)C3)cc2)cc1. The van der Waals surface area contributed by atoms with Crippen molar-refractivity contribution in [3.05, 3.63) is 70.8 Å². The molecule has 146 valence electrons. The molecule has 27 heavy (non-hydrogen) atoms. The van der Waals surface area contributed by atoms with Gasteiger partial charge in [0, 0.05) is 18.3 Å². The van der Waals surface area contributed by atoms with Gasteiger partial charge >= 0.3 is 0 Å². The third-order valence-corrected chi connectivity index (χ3v) is 7.85. The van der Waals surface area contributed by atoms with Crippen LogP contribution in [0.15, 0.2) is 48.5 Å². The first-order chi connectivity index (χ1) is 12.4. The van der Waals surface area contributed by atoms with Crippen LogP contribution in [-0.2, 0) is 11.8 Å². The molecule has 2 aromatic carbocycles. The molecule has 1 aliphatic heterocycles. The molecule has 0 radical (unpaired) electrons. The minimum atomic E-state index is 0.225. The van der Waals surface area contributed by atoms with Crippen LogP contribution in [0.1, 0.15) is 69.7 Å². The van der Waals surface area contributed by atoms with E-state index in [0.29, 0.717) is 0 Å². The molecule has 1 nitrogen and oxygen atoms in total. The Morgan fingerprint density at radius 3 is 1.56 bits per heavy atom. The molecule has 0 N–H and O–H groups in total. The molecule has 0 aliphatic carbocycles. The van der Waals surface area contributed by atoms with Crippen LogP contribution in [0.4, 0.5) is 0 Å². The maximum absolute atomic E-state index is 2.48. The molecule has 0 bridgehead atoms. The average Bonchev–Trinajstić information content (AvgIpc) is 2.55. The first-order valence-electron chi connectivity index (χ1n) is 10.4. The van der Waals surface area contributed by atoms with E-state index in [4.69, 9.17) is 0 Å². The molecule has 0 spiro atoms. The summed E-state index contributed by atoms with van der Waals surface area (Å²) in [7, 11) is 4.81. The lowest BCUT2D eigenvalue weighted by Gasteiger charge is -2.62. The minimum absolute atomic E-state index is 0.225. The van der Waals surface area contributed by atoms with Crippen molar-refractivity contribution in [2.24, 2.45) is 0 Å². The van der Waals surface area contributed by atoms with E-state index >= 15 is 0 Å². The second-order valence-electron chi connectivity index (χ2n) is 10.9. The van der Waals surface area contributed by atoms with Crippen LogP contribution in [0.3, 0.4) is 0 Å². The number of aryl methyl sites for hydroxylation is 1. The van der Waals surface area contributed by atoms with Crippen LogP contribution >= 0.6 is 0 Å². The Labute approximate surface area is 167 Å². The highest BCUT2D eigenvalue weighted by molar-refractivity contribution is 5.34. The molecule has 1 heteroatoms. The molecule has 1 fully saturated rings. The Bertz CT molecular complexity index is 771. The molecule has 1 heterocycles. The summed E-state index contributed by atoms with van der Waals surface area (Å²) in [4.78, 5) is 0. The standard InChI is InChI=1S/C26H38N/c1-20-9-11-21(12-10-20)17-22-13-15-23(16-14-22)26(6)18-24(2,3)27(7,8)25(4,5)19-26/h9-16H,17-19H2,1-8H3/q+1. The normalized spacial score (nSPS) is 22.4. The first kappa shape index (κ1) is 20.1. The van der Waals surface area contributed by atoms with Crippen LogP contribution < -0.4 is 0 Å². The van der Waals surface area contributed by atoms with Crippen molar-refractivity contribution in [3.8, 4) is 0 Å². The van der Waals surface area contributed by atoms with Gasteiger partial charge in [0.25, 0.3) is 0 Å².